The molecule has 6 rings (SSSR count). The fourth-order valence-corrected chi connectivity index (χ4v) is 4.77. The van der Waals surface area contributed by atoms with Crippen molar-refractivity contribution in [2.75, 3.05) is 24.7 Å². The number of rotatable bonds is 4. The van der Waals surface area contributed by atoms with Gasteiger partial charge in [-0.3, -0.25) is 0 Å². The predicted molar refractivity (Wildman–Crippen MR) is 125 cm³/mol. The van der Waals surface area contributed by atoms with Gasteiger partial charge in [0.1, 0.15) is 18.2 Å². The summed E-state index contributed by atoms with van der Waals surface area (Å²) in [7, 11) is 0. The van der Waals surface area contributed by atoms with E-state index in [0.717, 1.165) is 38.9 Å². The maximum Gasteiger partial charge on any atom is 0.172 e. The highest BCUT2D eigenvalue weighted by Crippen LogP contribution is 2.35. The molecule has 0 radical (unpaired) electrons. The highest BCUT2D eigenvalue weighted by Gasteiger charge is 2.31. The summed E-state index contributed by atoms with van der Waals surface area (Å²) in [6.07, 6.45) is 1.60. The van der Waals surface area contributed by atoms with Crippen molar-refractivity contribution in [3.63, 3.8) is 0 Å². The average molecular weight is 441 g/mol. The molecule has 1 aliphatic rings. The number of fused-ring (bicyclic) bond motifs is 1. The maximum atomic E-state index is 5.90. The first-order chi connectivity index (χ1) is 15.9. The summed E-state index contributed by atoms with van der Waals surface area (Å²) in [6.45, 7) is 1.85. The number of para-hydroxylation sites is 2. The van der Waals surface area contributed by atoms with Crippen LogP contribution < -0.4 is 4.90 Å². The lowest BCUT2D eigenvalue weighted by atomic mass is 10.1. The standard InChI is InChI=1S/C24H20N6OS/c1-2-7-17(8-3-1)30-24(25-16-26-30)20-15-31-13-12-29(20)23-18-9-4-5-10-19(18)27-22(28-23)21-11-6-14-32-21/h1-11,14,16,20H,12-13,15H2. The van der Waals surface area contributed by atoms with Crippen LogP contribution in [0.15, 0.2) is 78.4 Å². The summed E-state index contributed by atoms with van der Waals surface area (Å²) >= 11 is 1.64. The second-order valence-electron chi connectivity index (χ2n) is 7.51. The van der Waals surface area contributed by atoms with E-state index in [0.29, 0.717) is 19.8 Å². The van der Waals surface area contributed by atoms with Gasteiger partial charge in [-0.2, -0.15) is 5.10 Å². The van der Waals surface area contributed by atoms with Gasteiger partial charge in [-0.15, -0.1) is 11.3 Å². The van der Waals surface area contributed by atoms with E-state index >= 15 is 0 Å². The molecule has 1 fully saturated rings. The van der Waals surface area contributed by atoms with E-state index in [-0.39, 0.29) is 6.04 Å². The molecule has 8 heteroatoms. The Labute approximate surface area is 189 Å². The summed E-state index contributed by atoms with van der Waals surface area (Å²) in [6, 6.07) is 22.2. The van der Waals surface area contributed by atoms with Crippen LogP contribution in [-0.4, -0.2) is 44.5 Å². The van der Waals surface area contributed by atoms with Crippen LogP contribution in [0.2, 0.25) is 0 Å². The van der Waals surface area contributed by atoms with Gasteiger partial charge in [0.2, 0.25) is 0 Å². The summed E-state index contributed by atoms with van der Waals surface area (Å²) in [4.78, 5) is 17.8. The van der Waals surface area contributed by atoms with Gasteiger partial charge in [0.05, 0.1) is 29.3 Å². The Morgan fingerprint density at radius 3 is 2.69 bits per heavy atom. The van der Waals surface area contributed by atoms with Crippen LogP contribution >= 0.6 is 11.3 Å². The molecule has 0 aliphatic carbocycles. The first kappa shape index (κ1) is 19.1. The van der Waals surface area contributed by atoms with Gasteiger partial charge in [0.25, 0.3) is 0 Å². The normalized spacial score (nSPS) is 16.5. The van der Waals surface area contributed by atoms with E-state index in [4.69, 9.17) is 14.7 Å². The van der Waals surface area contributed by atoms with Gasteiger partial charge < -0.3 is 9.64 Å². The van der Waals surface area contributed by atoms with Crippen molar-refractivity contribution in [2.24, 2.45) is 0 Å². The van der Waals surface area contributed by atoms with Crippen LogP contribution in [0.5, 0.6) is 0 Å². The average Bonchev–Trinajstić information content (AvgIpc) is 3.57. The van der Waals surface area contributed by atoms with Crippen molar-refractivity contribution in [2.45, 2.75) is 6.04 Å². The van der Waals surface area contributed by atoms with Crippen molar-refractivity contribution in [1.82, 2.24) is 24.7 Å². The molecule has 1 saturated heterocycles. The zero-order valence-electron chi connectivity index (χ0n) is 17.2. The van der Waals surface area contributed by atoms with Crippen LogP contribution in [0.1, 0.15) is 11.9 Å². The van der Waals surface area contributed by atoms with Gasteiger partial charge in [-0.05, 0) is 35.7 Å². The molecule has 2 aromatic carbocycles. The molecular weight excluding hydrogens is 420 g/mol. The second kappa shape index (κ2) is 8.14. The lowest BCUT2D eigenvalue weighted by Gasteiger charge is -2.36. The smallest absolute Gasteiger partial charge is 0.172 e. The number of ether oxygens (including phenoxy) is 1. The number of anilines is 1. The second-order valence-corrected chi connectivity index (χ2v) is 8.46. The Balaban J connectivity index is 1.50. The van der Waals surface area contributed by atoms with Crippen molar-refractivity contribution >= 4 is 28.1 Å². The number of benzene rings is 2. The minimum Gasteiger partial charge on any atom is -0.377 e. The van der Waals surface area contributed by atoms with Gasteiger partial charge in [-0.25, -0.2) is 19.6 Å². The Bertz CT molecular complexity index is 1350. The van der Waals surface area contributed by atoms with Crippen LogP contribution in [0.3, 0.4) is 0 Å². The largest absolute Gasteiger partial charge is 0.377 e. The fraction of sp³-hybridized carbons (Fsp3) is 0.167. The Kier molecular flexibility index (Phi) is 4.86. The molecule has 0 amide bonds. The van der Waals surface area contributed by atoms with Crippen LogP contribution in [0.4, 0.5) is 5.82 Å². The van der Waals surface area contributed by atoms with Crippen molar-refractivity contribution in [3.05, 3.63) is 84.3 Å². The quantitative estimate of drug-likeness (QED) is 0.409. The Morgan fingerprint density at radius 2 is 1.81 bits per heavy atom. The van der Waals surface area contributed by atoms with Crippen LogP contribution in [-0.2, 0) is 4.74 Å². The molecule has 1 aliphatic heterocycles. The highest BCUT2D eigenvalue weighted by atomic mass is 32.1. The lowest BCUT2D eigenvalue weighted by Crippen LogP contribution is -2.41. The predicted octanol–water partition coefficient (Wildman–Crippen LogP) is 4.52. The summed E-state index contributed by atoms with van der Waals surface area (Å²) in [5.41, 5.74) is 1.90. The molecule has 0 N–H and O–H groups in total. The van der Waals surface area contributed by atoms with E-state index < -0.39 is 0 Å². The molecule has 3 aromatic heterocycles. The first-order valence-electron chi connectivity index (χ1n) is 10.5. The third kappa shape index (κ3) is 3.34. The number of nitrogens with zero attached hydrogens (tertiary/aromatic N) is 6. The molecular formula is C24H20N6OS. The van der Waals surface area contributed by atoms with Gasteiger partial charge in [0.15, 0.2) is 11.6 Å². The topological polar surface area (TPSA) is 69.0 Å². The highest BCUT2D eigenvalue weighted by molar-refractivity contribution is 7.13. The maximum absolute atomic E-state index is 5.90. The van der Waals surface area contributed by atoms with Gasteiger partial charge >= 0.3 is 0 Å². The zero-order valence-corrected chi connectivity index (χ0v) is 18.0. The van der Waals surface area contributed by atoms with Crippen molar-refractivity contribution in [1.29, 1.82) is 0 Å². The van der Waals surface area contributed by atoms with E-state index in [9.17, 15) is 0 Å². The molecule has 7 nitrogen and oxygen atoms in total. The minimum absolute atomic E-state index is 0.124. The SMILES string of the molecule is c1ccc(-n2ncnc2C2COCCN2c2nc(-c3cccs3)nc3ccccc23)cc1. The van der Waals surface area contributed by atoms with Crippen molar-refractivity contribution < 1.29 is 4.74 Å². The number of aromatic nitrogens is 5. The molecule has 4 heterocycles. The fourth-order valence-electron chi connectivity index (χ4n) is 4.11. The number of thiophene rings is 1. The molecule has 1 unspecified atom stereocenters. The van der Waals surface area contributed by atoms with E-state index in [1.807, 2.05) is 64.7 Å². The molecule has 0 bridgehead atoms. The molecule has 5 aromatic rings. The third-order valence-corrected chi connectivity index (χ3v) is 6.46. The monoisotopic (exact) mass is 440 g/mol. The summed E-state index contributed by atoms with van der Waals surface area (Å²) in [5, 5.41) is 7.57. The van der Waals surface area contributed by atoms with Crippen LogP contribution in [0.25, 0.3) is 27.3 Å². The molecule has 32 heavy (non-hydrogen) atoms. The molecule has 0 saturated carbocycles. The van der Waals surface area contributed by atoms with Gasteiger partial charge in [0, 0.05) is 11.9 Å². The summed E-state index contributed by atoms with van der Waals surface area (Å²) < 4.78 is 7.78. The van der Waals surface area contributed by atoms with Crippen LogP contribution in [0, 0.1) is 0 Å². The van der Waals surface area contributed by atoms with E-state index in [1.54, 1.807) is 17.7 Å². The Hall–Kier alpha value is -3.62. The molecule has 158 valence electrons. The zero-order chi connectivity index (χ0) is 21.3. The summed E-state index contributed by atoms with van der Waals surface area (Å²) in [5.74, 6) is 2.47. The molecule has 0 spiro atoms. The third-order valence-electron chi connectivity index (χ3n) is 5.60. The lowest BCUT2D eigenvalue weighted by molar-refractivity contribution is 0.0908. The van der Waals surface area contributed by atoms with Crippen molar-refractivity contribution in [3.8, 4) is 16.4 Å². The number of morpholine rings is 1. The van der Waals surface area contributed by atoms with Gasteiger partial charge in [-0.1, -0.05) is 36.4 Å². The number of hydrogen-bond donors (Lipinski definition) is 0. The first-order valence-corrected chi connectivity index (χ1v) is 11.4. The molecule has 1 atom stereocenters. The minimum atomic E-state index is -0.124. The van der Waals surface area contributed by atoms with E-state index in [1.165, 1.54) is 0 Å². The number of hydrogen-bond acceptors (Lipinski definition) is 7. The van der Waals surface area contributed by atoms with E-state index in [2.05, 4.69) is 27.1 Å². The Morgan fingerprint density at radius 1 is 0.938 bits per heavy atom.